The molecule has 0 aliphatic heterocycles. The minimum Gasteiger partial charge on any atom is -0.385 e. The maximum absolute atomic E-state index is 12.6. The van der Waals surface area contributed by atoms with E-state index in [1.165, 1.54) is 0 Å². The van der Waals surface area contributed by atoms with E-state index in [2.05, 4.69) is 12.2 Å². The Balaban J connectivity index is 2.28. The monoisotopic (exact) mass is 282 g/mol. The third kappa shape index (κ3) is 3.24. The number of aryl methyl sites for hydroxylation is 2. The van der Waals surface area contributed by atoms with Gasteiger partial charge in [0.25, 0.3) is 5.91 Å². The molecule has 0 bridgehead atoms. The topological polar surface area (TPSA) is 32.3 Å². The highest BCUT2D eigenvalue weighted by atomic mass is 16.2. The molecule has 0 saturated heterocycles. The van der Waals surface area contributed by atoms with E-state index >= 15 is 0 Å². The van der Waals surface area contributed by atoms with Crippen LogP contribution in [0.15, 0.2) is 42.5 Å². The number of anilines is 2. The van der Waals surface area contributed by atoms with Crippen molar-refractivity contribution in [3.8, 4) is 0 Å². The normalized spacial score (nSPS) is 10.3. The zero-order valence-corrected chi connectivity index (χ0v) is 13.1. The van der Waals surface area contributed by atoms with Crippen molar-refractivity contribution in [2.24, 2.45) is 0 Å². The van der Waals surface area contributed by atoms with E-state index in [9.17, 15) is 4.79 Å². The van der Waals surface area contributed by atoms with Crippen molar-refractivity contribution in [1.82, 2.24) is 0 Å². The van der Waals surface area contributed by atoms with Crippen molar-refractivity contribution in [3.63, 3.8) is 0 Å². The van der Waals surface area contributed by atoms with Crippen LogP contribution in [0.4, 0.5) is 11.4 Å². The van der Waals surface area contributed by atoms with E-state index in [1.54, 1.807) is 4.90 Å². The Kier molecular flexibility index (Phi) is 4.63. The van der Waals surface area contributed by atoms with Crippen LogP contribution < -0.4 is 10.2 Å². The summed E-state index contributed by atoms with van der Waals surface area (Å²) >= 11 is 0. The molecule has 2 aromatic rings. The summed E-state index contributed by atoms with van der Waals surface area (Å²) in [5.74, 6) is 0.00967. The number of amides is 1. The van der Waals surface area contributed by atoms with Crippen LogP contribution in [0.5, 0.6) is 0 Å². The molecule has 3 heteroatoms. The lowest BCUT2D eigenvalue weighted by molar-refractivity contribution is 0.0993. The molecule has 0 heterocycles. The summed E-state index contributed by atoms with van der Waals surface area (Å²) < 4.78 is 0. The van der Waals surface area contributed by atoms with Gasteiger partial charge < -0.3 is 10.2 Å². The van der Waals surface area contributed by atoms with Crippen LogP contribution in [0.2, 0.25) is 0 Å². The van der Waals surface area contributed by atoms with Crippen molar-refractivity contribution in [2.45, 2.75) is 20.8 Å². The van der Waals surface area contributed by atoms with Crippen molar-refractivity contribution in [2.75, 3.05) is 23.8 Å². The average Bonchev–Trinajstić information content (AvgIpc) is 2.48. The fourth-order valence-corrected chi connectivity index (χ4v) is 2.43. The van der Waals surface area contributed by atoms with E-state index < -0.39 is 0 Å². The van der Waals surface area contributed by atoms with E-state index in [0.717, 1.165) is 29.0 Å². The molecule has 21 heavy (non-hydrogen) atoms. The predicted octanol–water partition coefficient (Wildman–Crippen LogP) is 4.01. The second-order valence-electron chi connectivity index (χ2n) is 5.21. The molecule has 0 fully saturated rings. The van der Waals surface area contributed by atoms with Gasteiger partial charge in [-0.2, -0.15) is 0 Å². The molecule has 0 saturated carbocycles. The number of hydrogen-bond acceptors (Lipinski definition) is 2. The Morgan fingerprint density at radius 1 is 1.10 bits per heavy atom. The number of nitrogens with one attached hydrogen (secondary N) is 1. The molecule has 3 nitrogen and oxygen atoms in total. The number of para-hydroxylation sites is 1. The van der Waals surface area contributed by atoms with Crippen molar-refractivity contribution < 1.29 is 4.79 Å². The molecule has 0 radical (unpaired) electrons. The van der Waals surface area contributed by atoms with E-state index in [1.807, 2.05) is 63.4 Å². The van der Waals surface area contributed by atoms with Gasteiger partial charge in [-0.3, -0.25) is 4.79 Å². The largest absolute Gasteiger partial charge is 0.385 e. The molecule has 0 aliphatic carbocycles. The van der Waals surface area contributed by atoms with Gasteiger partial charge in [0.2, 0.25) is 0 Å². The van der Waals surface area contributed by atoms with Gasteiger partial charge in [0.1, 0.15) is 0 Å². The lowest BCUT2D eigenvalue weighted by atomic mass is 10.1. The van der Waals surface area contributed by atoms with Gasteiger partial charge in [0.15, 0.2) is 0 Å². The standard InChI is InChI=1S/C18H22N2O/c1-5-19-16-11-10-15(12-14(16)3)18(21)20(4)17-9-7-6-8-13(17)2/h6-12,19H,5H2,1-4H3. The number of carbonyl (C=O) groups excluding carboxylic acids is 1. The van der Waals surface area contributed by atoms with Crippen LogP contribution in [0.3, 0.4) is 0 Å². The number of hydrogen-bond donors (Lipinski definition) is 1. The van der Waals surface area contributed by atoms with Gasteiger partial charge >= 0.3 is 0 Å². The first-order valence-corrected chi connectivity index (χ1v) is 7.22. The fourth-order valence-electron chi connectivity index (χ4n) is 2.43. The summed E-state index contributed by atoms with van der Waals surface area (Å²) in [5, 5.41) is 3.29. The highest BCUT2D eigenvalue weighted by Gasteiger charge is 2.15. The second-order valence-corrected chi connectivity index (χ2v) is 5.21. The molecule has 1 amide bonds. The molecule has 2 aromatic carbocycles. The Bertz CT molecular complexity index is 649. The highest BCUT2D eigenvalue weighted by Crippen LogP contribution is 2.22. The molecule has 1 N–H and O–H groups in total. The van der Waals surface area contributed by atoms with Crippen LogP contribution in [-0.2, 0) is 0 Å². The zero-order valence-electron chi connectivity index (χ0n) is 13.1. The molecule has 0 atom stereocenters. The quantitative estimate of drug-likeness (QED) is 0.919. The first kappa shape index (κ1) is 15.1. The molecule has 2 rings (SSSR count). The van der Waals surface area contributed by atoms with Gasteiger partial charge in [0.05, 0.1) is 0 Å². The smallest absolute Gasteiger partial charge is 0.258 e. The van der Waals surface area contributed by atoms with Crippen molar-refractivity contribution >= 4 is 17.3 Å². The fraction of sp³-hybridized carbons (Fsp3) is 0.278. The molecular formula is C18H22N2O. The maximum Gasteiger partial charge on any atom is 0.258 e. The Morgan fingerprint density at radius 3 is 2.43 bits per heavy atom. The van der Waals surface area contributed by atoms with Crippen LogP contribution in [-0.4, -0.2) is 19.5 Å². The third-order valence-corrected chi connectivity index (χ3v) is 3.62. The highest BCUT2D eigenvalue weighted by molar-refractivity contribution is 6.06. The summed E-state index contributed by atoms with van der Waals surface area (Å²) in [5.41, 5.74) is 4.90. The minimum absolute atomic E-state index is 0.00967. The first-order chi connectivity index (χ1) is 10.0. The van der Waals surface area contributed by atoms with Gasteiger partial charge in [-0.15, -0.1) is 0 Å². The number of benzene rings is 2. The van der Waals surface area contributed by atoms with Gasteiger partial charge in [-0.1, -0.05) is 18.2 Å². The molecule has 0 spiro atoms. The van der Waals surface area contributed by atoms with E-state index in [0.29, 0.717) is 5.56 Å². The summed E-state index contributed by atoms with van der Waals surface area (Å²) in [6.45, 7) is 6.96. The molecule has 0 aromatic heterocycles. The SMILES string of the molecule is CCNc1ccc(C(=O)N(C)c2ccccc2C)cc1C. The number of rotatable bonds is 4. The van der Waals surface area contributed by atoms with Crippen molar-refractivity contribution in [3.05, 3.63) is 59.2 Å². The van der Waals surface area contributed by atoms with E-state index in [4.69, 9.17) is 0 Å². The average molecular weight is 282 g/mol. The van der Waals surface area contributed by atoms with Crippen LogP contribution >= 0.6 is 0 Å². The van der Waals surface area contributed by atoms with Crippen LogP contribution in [0.25, 0.3) is 0 Å². The summed E-state index contributed by atoms with van der Waals surface area (Å²) in [6.07, 6.45) is 0. The molecule has 0 unspecified atom stereocenters. The number of carbonyl (C=O) groups is 1. The maximum atomic E-state index is 12.6. The summed E-state index contributed by atoms with van der Waals surface area (Å²) in [6, 6.07) is 13.7. The van der Waals surface area contributed by atoms with Crippen LogP contribution in [0.1, 0.15) is 28.4 Å². The van der Waals surface area contributed by atoms with Gasteiger partial charge in [0, 0.05) is 30.5 Å². The Morgan fingerprint density at radius 2 is 1.81 bits per heavy atom. The van der Waals surface area contributed by atoms with Crippen LogP contribution in [0, 0.1) is 13.8 Å². The summed E-state index contributed by atoms with van der Waals surface area (Å²) in [4.78, 5) is 14.3. The Labute approximate surface area is 126 Å². The van der Waals surface area contributed by atoms with Gasteiger partial charge in [-0.25, -0.2) is 0 Å². The molecular weight excluding hydrogens is 260 g/mol. The first-order valence-electron chi connectivity index (χ1n) is 7.22. The lowest BCUT2D eigenvalue weighted by Gasteiger charge is -2.20. The lowest BCUT2D eigenvalue weighted by Crippen LogP contribution is -2.27. The second kappa shape index (κ2) is 6.44. The van der Waals surface area contributed by atoms with Gasteiger partial charge in [-0.05, 0) is 56.2 Å². The third-order valence-electron chi connectivity index (χ3n) is 3.62. The molecule has 110 valence electrons. The predicted molar refractivity (Wildman–Crippen MR) is 89.3 cm³/mol. The summed E-state index contributed by atoms with van der Waals surface area (Å²) in [7, 11) is 1.82. The molecule has 0 aliphatic rings. The van der Waals surface area contributed by atoms with E-state index in [-0.39, 0.29) is 5.91 Å². The Hall–Kier alpha value is -2.29. The number of nitrogens with zero attached hydrogens (tertiary/aromatic N) is 1. The minimum atomic E-state index is 0.00967. The zero-order chi connectivity index (χ0) is 15.4. The van der Waals surface area contributed by atoms with Crippen molar-refractivity contribution in [1.29, 1.82) is 0 Å².